The van der Waals surface area contributed by atoms with Crippen molar-refractivity contribution in [2.45, 2.75) is 0 Å². The van der Waals surface area contributed by atoms with Crippen molar-refractivity contribution in [1.29, 1.82) is 5.26 Å². The highest BCUT2D eigenvalue weighted by atomic mass is 79.9. The van der Waals surface area contributed by atoms with Crippen LogP contribution in [0.5, 0.6) is 0 Å². The number of hydrogen-bond acceptors (Lipinski definition) is 5. The third-order valence-electron chi connectivity index (χ3n) is 1.94. The Bertz CT molecular complexity index is 641. The van der Waals surface area contributed by atoms with E-state index >= 15 is 0 Å². The first kappa shape index (κ1) is 13.2. The maximum absolute atomic E-state index is 8.72. The average molecular weight is 389 g/mol. The predicted molar refractivity (Wildman–Crippen MR) is 74.7 cm³/mol. The van der Waals surface area contributed by atoms with Gasteiger partial charge in [-0.1, -0.05) is 11.6 Å². The molecule has 0 fully saturated rings. The summed E-state index contributed by atoms with van der Waals surface area (Å²) in [7, 11) is 0. The molecule has 0 amide bonds. The summed E-state index contributed by atoms with van der Waals surface area (Å²) in [5, 5.41) is 19.8. The van der Waals surface area contributed by atoms with Gasteiger partial charge < -0.3 is 5.32 Å². The van der Waals surface area contributed by atoms with Crippen LogP contribution in [0.3, 0.4) is 0 Å². The van der Waals surface area contributed by atoms with Crippen LogP contribution in [0.15, 0.2) is 27.5 Å². The normalized spacial score (nSPS) is 9.89. The van der Waals surface area contributed by atoms with Crippen LogP contribution < -0.4 is 5.32 Å². The molecule has 2 aromatic heterocycles. The number of nitrogens with one attached hydrogen (secondary N) is 1. The van der Waals surface area contributed by atoms with Crippen LogP contribution in [0.1, 0.15) is 5.56 Å². The largest absolute Gasteiger partial charge is 0.337 e. The van der Waals surface area contributed by atoms with Crippen LogP contribution in [-0.2, 0) is 0 Å². The van der Waals surface area contributed by atoms with Crippen molar-refractivity contribution in [3.05, 3.63) is 38.1 Å². The van der Waals surface area contributed by atoms with E-state index in [9.17, 15) is 0 Å². The first-order valence-corrected chi connectivity index (χ1v) is 6.58. The smallest absolute Gasteiger partial charge is 0.152 e. The first-order valence-electron chi connectivity index (χ1n) is 4.61. The lowest BCUT2D eigenvalue weighted by molar-refractivity contribution is 0.982. The van der Waals surface area contributed by atoms with Gasteiger partial charge in [-0.15, -0.1) is 10.2 Å². The molecule has 0 aliphatic carbocycles. The summed E-state index contributed by atoms with van der Waals surface area (Å²) in [5.74, 6) is 0.441. The van der Waals surface area contributed by atoms with E-state index in [-0.39, 0.29) is 0 Å². The van der Waals surface area contributed by atoms with E-state index in [2.05, 4.69) is 52.4 Å². The molecular formula is C10H4Br2ClN5. The minimum atomic E-state index is 0.355. The van der Waals surface area contributed by atoms with Crippen LogP contribution in [0.2, 0.25) is 5.02 Å². The van der Waals surface area contributed by atoms with Gasteiger partial charge in [-0.05, 0) is 44.0 Å². The lowest BCUT2D eigenvalue weighted by Gasteiger charge is -2.08. The number of halogens is 3. The van der Waals surface area contributed by atoms with Crippen molar-refractivity contribution >= 4 is 55.0 Å². The molecule has 8 heteroatoms. The quantitative estimate of drug-likeness (QED) is 0.848. The molecule has 0 saturated carbocycles. The Balaban J connectivity index is 2.34. The van der Waals surface area contributed by atoms with Crippen molar-refractivity contribution in [3.8, 4) is 6.07 Å². The Morgan fingerprint density at radius 1 is 1.28 bits per heavy atom. The van der Waals surface area contributed by atoms with Crippen LogP contribution in [-0.4, -0.2) is 15.2 Å². The number of anilines is 2. The summed E-state index contributed by atoms with van der Waals surface area (Å²) >= 11 is 12.5. The van der Waals surface area contributed by atoms with Gasteiger partial charge in [0.1, 0.15) is 16.5 Å². The number of hydrogen-bond donors (Lipinski definition) is 1. The second-order valence-corrected chi connectivity index (χ2v) is 5.13. The zero-order valence-electron chi connectivity index (χ0n) is 8.65. The highest BCUT2D eigenvalue weighted by molar-refractivity contribution is 9.11. The van der Waals surface area contributed by atoms with Crippen molar-refractivity contribution in [3.63, 3.8) is 0 Å². The Morgan fingerprint density at radius 2 is 2.06 bits per heavy atom. The van der Waals surface area contributed by atoms with Gasteiger partial charge in [0.05, 0.1) is 16.3 Å². The summed E-state index contributed by atoms with van der Waals surface area (Å²) in [5.41, 5.74) is 1.06. The fourth-order valence-corrected chi connectivity index (χ4v) is 1.97. The molecule has 0 aliphatic heterocycles. The lowest BCUT2D eigenvalue weighted by atomic mass is 10.3. The van der Waals surface area contributed by atoms with Gasteiger partial charge in [-0.2, -0.15) is 5.26 Å². The molecule has 0 spiro atoms. The second kappa shape index (κ2) is 5.61. The summed E-state index contributed by atoms with van der Waals surface area (Å²) in [4.78, 5) is 4.07. The standard InChI is InChI=1S/C10H4Br2ClN5/c11-8-2-7(9(12)18-17-8)16-10-6(13)1-5(3-14)4-15-10/h1-2,4H,(H,15,16,17). The summed E-state index contributed by atoms with van der Waals surface area (Å²) < 4.78 is 1.12. The number of nitriles is 1. The van der Waals surface area contributed by atoms with Crippen LogP contribution >= 0.6 is 43.5 Å². The lowest BCUT2D eigenvalue weighted by Crippen LogP contribution is -1.98. The zero-order valence-corrected chi connectivity index (χ0v) is 12.6. The summed E-state index contributed by atoms with van der Waals surface area (Å²) in [6.07, 6.45) is 1.44. The number of pyridine rings is 1. The van der Waals surface area contributed by atoms with Gasteiger partial charge in [0, 0.05) is 6.20 Å². The fourth-order valence-electron chi connectivity index (χ4n) is 1.16. The molecule has 90 valence electrons. The zero-order chi connectivity index (χ0) is 13.1. The topological polar surface area (TPSA) is 74.5 Å². The van der Waals surface area contributed by atoms with Gasteiger partial charge in [-0.25, -0.2) is 4.98 Å². The second-order valence-electron chi connectivity index (χ2n) is 3.16. The third-order valence-corrected chi connectivity index (χ3v) is 3.20. The van der Waals surface area contributed by atoms with Gasteiger partial charge in [0.25, 0.3) is 0 Å². The molecule has 0 saturated heterocycles. The molecule has 2 rings (SSSR count). The number of nitrogens with zero attached hydrogens (tertiary/aromatic N) is 4. The van der Waals surface area contributed by atoms with Crippen LogP contribution in [0.25, 0.3) is 0 Å². The Kier molecular flexibility index (Phi) is 4.11. The molecule has 18 heavy (non-hydrogen) atoms. The third kappa shape index (κ3) is 2.96. The molecule has 2 heterocycles. The van der Waals surface area contributed by atoms with E-state index in [1.807, 2.05) is 6.07 Å². The Labute approximate surface area is 124 Å². The Hall–Kier alpha value is -1.23. The van der Waals surface area contributed by atoms with E-state index in [1.54, 1.807) is 6.07 Å². The van der Waals surface area contributed by atoms with E-state index in [0.29, 0.717) is 31.3 Å². The first-order chi connectivity index (χ1) is 8.60. The minimum absolute atomic E-state index is 0.355. The van der Waals surface area contributed by atoms with E-state index in [0.717, 1.165) is 0 Å². The van der Waals surface area contributed by atoms with Gasteiger partial charge in [0.15, 0.2) is 4.60 Å². The molecule has 2 aromatic rings. The molecule has 5 nitrogen and oxygen atoms in total. The highest BCUT2D eigenvalue weighted by Gasteiger charge is 2.08. The summed E-state index contributed by atoms with van der Waals surface area (Å²) in [6, 6.07) is 5.23. The van der Waals surface area contributed by atoms with E-state index in [4.69, 9.17) is 16.9 Å². The molecule has 1 N–H and O–H groups in total. The maximum atomic E-state index is 8.72. The van der Waals surface area contributed by atoms with Gasteiger partial charge in [0.2, 0.25) is 0 Å². The summed E-state index contributed by atoms with van der Waals surface area (Å²) in [6.45, 7) is 0. The van der Waals surface area contributed by atoms with Crippen molar-refractivity contribution in [1.82, 2.24) is 15.2 Å². The number of aromatic nitrogens is 3. The monoisotopic (exact) mass is 387 g/mol. The molecular weight excluding hydrogens is 385 g/mol. The number of rotatable bonds is 2. The molecule has 0 bridgehead atoms. The molecule has 0 atom stereocenters. The maximum Gasteiger partial charge on any atom is 0.152 e. The molecule has 0 aromatic carbocycles. The Morgan fingerprint density at radius 3 is 2.72 bits per heavy atom. The van der Waals surface area contributed by atoms with E-state index < -0.39 is 0 Å². The molecule has 0 unspecified atom stereocenters. The highest BCUT2D eigenvalue weighted by Crippen LogP contribution is 2.28. The SMILES string of the molecule is N#Cc1cnc(Nc2cc(Br)nnc2Br)c(Cl)c1. The minimum Gasteiger partial charge on any atom is -0.337 e. The fraction of sp³-hybridized carbons (Fsp3) is 0. The average Bonchev–Trinajstić information content (AvgIpc) is 2.36. The van der Waals surface area contributed by atoms with Crippen molar-refractivity contribution in [2.24, 2.45) is 0 Å². The van der Waals surface area contributed by atoms with Gasteiger partial charge >= 0.3 is 0 Å². The predicted octanol–water partition coefficient (Wildman–Crippen LogP) is 3.67. The van der Waals surface area contributed by atoms with Crippen molar-refractivity contribution in [2.75, 3.05) is 5.32 Å². The van der Waals surface area contributed by atoms with Crippen LogP contribution in [0, 0.1) is 11.3 Å². The van der Waals surface area contributed by atoms with Gasteiger partial charge in [-0.3, -0.25) is 0 Å². The van der Waals surface area contributed by atoms with Crippen molar-refractivity contribution < 1.29 is 0 Å². The molecule has 0 aliphatic rings. The van der Waals surface area contributed by atoms with E-state index in [1.165, 1.54) is 12.3 Å². The molecule has 0 radical (unpaired) electrons. The van der Waals surface area contributed by atoms with Crippen LogP contribution in [0.4, 0.5) is 11.5 Å².